The standard InChI is InChI=1S/C23H33N3O4S2/c1-16(17-6-8-20(9-7-17)32(5,28)29)24-14-19-15-31-21(25-19)18-10-12-26(13-11-18)30-22(27)23(2,3)4/h6-9,15-16,18,24H,10-14H2,1-5H3. The minimum Gasteiger partial charge on any atom is -0.367 e. The van der Waals surface area contributed by atoms with Crippen LogP contribution in [-0.4, -0.2) is 43.8 Å². The molecule has 0 bridgehead atoms. The largest absolute Gasteiger partial charge is 0.367 e. The van der Waals surface area contributed by atoms with Crippen molar-refractivity contribution in [1.29, 1.82) is 0 Å². The molecule has 1 unspecified atom stereocenters. The van der Waals surface area contributed by atoms with Gasteiger partial charge in [0, 0.05) is 43.2 Å². The Morgan fingerprint density at radius 1 is 1.25 bits per heavy atom. The molecule has 0 amide bonds. The lowest BCUT2D eigenvalue weighted by Gasteiger charge is -2.31. The van der Waals surface area contributed by atoms with Crippen molar-refractivity contribution in [3.63, 3.8) is 0 Å². The van der Waals surface area contributed by atoms with E-state index in [2.05, 4.69) is 17.6 Å². The normalized spacial score (nSPS) is 17.3. The van der Waals surface area contributed by atoms with Crippen molar-refractivity contribution in [2.75, 3.05) is 19.3 Å². The summed E-state index contributed by atoms with van der Waals surface area (Å²) in [5.74, 6) is 0.193. The zero-order chi connectivity index (χ0) is 23.5. The molecule has 0 radical (unpaired) electrons. The van der Waals surface area contributed by atoms with E-state index in [9.17, 15) is 13.2 Å². The number of thiazole rings is 1. The monoisotopic (exact) mass is 479 g/mol. The minimum atomic E-state index is -3.18. The van der Waals surface area contributed by atoms with Crippen LogP contribution in [0.2, 0.25) is 0 Å². The predicted octanol–water partition coefficient (Wildman–Crippen LogP) is 4.08. The molecular weight excluding hydrogens is 446 g/mol. The molecule has 9 heteroatoms. The molecule has 32 heavy (non-hydrogen) atoms. The number of carbonyl (C=O) groups excluding carboxylic acids is 1. The van der Waals surface area contributed by atoms with E-state index in [1.165, 1.54) is 6.26 Å². The number of nitrogens with zero attached hydrogens (tertiary/aromatic N) is 2. The summed E-state index contributed by atoms with van der Waals surface area (Å²) in [5.41, 5.74) is 1.54. The summed E-state index contributed by atoms with van der Waals surface area (Å²) in [6.45, 7) is 9.72. The molecular formula is C23H33N3O4S2. The fourth-order valence-electron chi connectivity index (χ4n) is 3.42. The summed E-state index contributed by atoms with van der Waals surface area (Å²) >= 11 is 1.68. The summed E-state index contributed by atoms with van der Waals surface area (Å²) < 4.78 is 23.2. The van der Waals surface area contributed by atoms with Crippen LogP contribution in [0.15, 0.2) is 34.5 Å². The van der Waals surface area contributed by atoms with Crippen molar-refractivity contribution in [2.24, 2.45) is 5.41 Å². The van der Waals surface area contributed by atoms with E-state index in [-0.39, 0.29) is 12.0 Å². The molecule has 1 aromatic carbocycles. The van der Waals surface area contributed by atoms with Crippen molar-refractivity contribution in [1.82, 2.24) is 15.4 Å². The summed E-state index contributed by atoms with van der Waals surface area (Å²) in [6, 6.07) is 7.07. The summed E-state index contributed by atoms with van der Waals surface area (Å²) in [4.78, 5) is 22.7. The first kappa shape index (κ1) is 24.8. The molecule has 0 aliphatic carbocycles. The van der Waals surface area contributed by atoms with Gasteiger partial charge in [0.05, 0.1) is 21.0 Å². The van der Waals surface area contributed by atoms with Crippen molar-refractivity contribution < 1.29 is 18.0 Å². The first-order chi connectivity index (χ1) is 14.9. The van der Waals surface area contributed by atoms with Gasteiger partial charge >= 0.3 is 5.97 Å². The van der Waals surface area contributed by atoms with Gasteiger partial charge in [0.25, 0.3) is 0 Å². The van der Waals surface area contributed by atoms with Crippen molar-refractivity contribution in [3.05, 3.63) is 45.9 Å². The average Bonchev–Trinajstić information content (AvgIpc) is 3.20. The van der Waals surface area contributed by atoms with E-state index in [1.54, 1.807) is 28.5 Å². The van der Waals surface area contributed by atoms with Crippen LogP contribution in [0.1, 0.15) is 68.8 Å². The van der Waals surface area contributed by atoms with E-state index >= 15 is 0 Å². The molecule has 1 fully saturated rings. The van der Waals surface area contributed by atoms with Gasteiger partial charge in [0.2, 0.25) is 0 Å². The Labute approximate surface area is 195 Å². The van der Waals surface area contributed by atoms with Crippen LogP contribution in [0, 0.1) is 5.41 Å². The Morgan fingerprint density at radius 3 is 2.44 bits per heavy atom. The molecule has 0 spiro atoms. The number of hydrogen-bond donors (Lipinski definition) is 1. The number of benzene rings is 1. The first-order valence-corrected chi connectivity index (χ1v) is 13.7. The molecule has 1 aliphatic rings. The van der Waals surface area contributed by atoms with Gasteiger partial charge < -0.3 is 10.2 Å². The Balaban J connectivity index is 1.48. The summed E-state index contributed by atoms with van der Waals surface area (Å²) in [5, 5.41) is 8.46. The van der Waals surface area contributed by atoms with E-state index < -0.39 is 15.3 Å². The second-order valence-corrected chi connectivity index (χ2v) is 12.4. The number of piperidine rings is 1. The highest BCUT2D eigenvalue weighted by Gasteiger charge is 2.29. The second kappa shape index (κ2) is 9.99. The van der Waals surface area contributed by atoms with E-state index in [0.717, 1.165) is 42.2 Å². The third-order valence-corrected chi connectivity index (χ3v) is 7.78. The highest BCUT2D eigenvalue weighted by molar-refractivity contribution is 7.90. The van der Waals surface area contributed by atoms with Crippen molar-refractivity contribution >= 4 is 27.1 Å². The zero-order valence-electron chi connectivity index (χ0n) is 19.4. The number of rotatable bonds is 7. The predicted molar refractivity (Wildman–Crippen MR) is 126 cm³/mol. The van der Waals surface area contributed by atoms with Crippen LogP contribution in [0.25, 0.3) is 0 Å². The lowest BCUT2D eigenvalue weighted by molar-refractivity contribution is -0.204. The molecule has 1 N–H and O–H groups in total. The van der Waals surface area contributed by atoms with Gasteiger partial charge in [-0.25, -0.2) is 18.2 Å². The highest BCUT2D eigenvalue weighted by atomic mass is 32.2. The van der Waals surface area contributed by atoms with Gasteiger partial charge in [-0.15, -0.1) is 16.4 Å². The molecule has 2 aromatic rings. The van der Waals surface area contributed by atoms with Gasteiger partial charge in [-0.3, -0.25) is 0 Å². The number of aromatic nitrogens is 1. The smallest absolute Gasteiger partial charge is 0.330 e. The Bertz CT molecular complexity index is 1020. The third-order valence-electron chi connectivity index (χ3n) is 5.59. The number of hydroxylamine groups is 2. The molecule has 0 saturated carbocycles. The molecule has 176 valence electrons. The maximum Gasteiger partial charge on any atom is 0.330 e. The molecule has 1 atom stereocenters. The molecule has 1 aromatic heterocycles. The maximum absolute atomic E-state index is 12.1. The van der Waals surface area contributed by atoms with Crippen molar-refractivity contribution in [3.8, 4) is 0 Å². The average molecular weight is 480 g/mol. The summed E-state index contributed by atoms with van der Waals surface area (Å²) in [6.07, 6.45) is 3.05. The van der Waals surface area contributed by atoms with E-state index in [0.29, 0.717) is 17.4 Å². The van der Waals surface area contributed by atoms with Gasteiger partial charge in [0.15, 0.2) is 9.84 Å². The molecule has 1 aliphatic heterocycles. The highest BCUT2D eigenvalue weighted by Crippen LogP contribution is 2.31. The summed E-state index contributed by atoms with van der Waals surface area (Å²) in [7, 11) is -3.18. The molecule has 7 nitrogen and oxygen atoms in total. The fourth-order valence-corrected chi connectivity index (χ4v) is 5.04. The quantitative estimate of drug-likeness (QED) is 0.640. The van der Waals surface area contributed by atoms with Crippen LogP contribution < -0.4 is 5.32 Å². The SMILES string of the molecule is CC(NCc1csc(C2CCN(OC(=O)C(C)(C)C)CC2)n1)c1ccc(S(C)(=O)=O)cc1. The van der Waals surface area contributed by atoms with Crippen LogP contribution in [0.5, 0.6) is 0 Å². The van der Waals surface area contributed by atoms with Gasteiger partial charge in [-0.2, -0.15) is 0 Å². The number of hydrogen-bond acceptors (Lipinski definition) is 8. The van der Waals surface area contributed by atoms with Crippen LogP contribution >= 0.6 is 11.3 Å². The number of nitrogens with one attached hydrogen (secondary N) is 1. The number of carbonyl (C=O) groups is 1. The molecule has 2 heterocycles. The van der Waals surface area contributed by atoms with Crippen LogP contribution in [0.3, 0.4) is 0 Å². The van der Waals surface area contributed by atoms with Gasteiger partial charge in [0.1, 0.15) is 0 Å². The second-order valence-electron chi connectivity index (χ2n) is 9.45. The Hall–Kier alpha value is -1.81. The van der Waals surface area contributed by atoms with E-state index in [1.807, 2.05) is 32.9 Å². The molecule has 1 saturated heterocycles. The third kappa shape index (κ3) is 6.60. The maximum atomic E-state index is 12.1. The molecule has 3 rings (SSSR count). The van der Waals surface area contributed by atoms with Gasteiger partial charge in [-0.1, -0.05) is 12.1 Å². The van der Waals surface area contributed by atoms with Crippen LogP contribution in [0.4, 0.5) is 0 Å². The topological polar surface area (TPSA) is 88.6 Å². The lowest BCUT2D eigenvalue weighted by Crippen LogP contribution is -2.38. The fraction of sp³-hybridized carbons (Fsp3) is 0.565. The zero-order valence-corrected chi connectivity index (χ0v) is 21.1. The van der Waals surface area contributed by atoms with Crippen molar-refractivity contribution in [2.45, 2.75) is 63.9 Å². The Kier molecular flexibility index (Phi) is 7.75. The minimum absolute atomic E-state index is 0.0782. The van der Waals surface area contributed by atoms with Gasteiger partial charge in [-0.05, 0) is 58.2 Å². The van der Waals surface area contributed by atoms with E-state index in [4.69, 9.17) is 9.82 Å². The van der Waals surface area contributed by atoms with Crippen LogP contribution in [-0.2, 0) is 26.0 Å². The lowest BCUT2D eigenvalue weighted by atomic mass is 9.97. The first-order valence-electron chi connectivity index (χ1n) is 10.9. The number of sulfone groups is 1. The Morgan fingerprint density at radius 2 is 1.88 bits per heavy atom.